The molecule has 1 atom stereocenters. The molecule has 4 rings (SSSR count). The molecular weight excluding hydrogens is 475 g/mol. The first-order chi connectivity index (χ1) is 16.2. The van der Waals surface area contributed by atoms with Crippen molar-refractivity contribution in [1.82, 2.24) is 15.2 Å². The molecule has 2 aromatic heterocycles. The second-order valence-corrected chi connectivity index (χ2v) is 8.80. The molecule has 4 heterocycles. The van der Waals surface area contributed by atoms with Crippen LogP contribution < -0.4 is 10.2 Å². The number of nitrogens with zero attached hydrogens (tertiary/aromatic N) is 4. The highest BCUT2D eigenvalue weighted by Crippen LogP contribution is 2.40. The van der Waals surface area contributed by atoms with Crippen molar-refractivity contribution in [3.63, 3.8) is 0 Å². The molecule has 0 saturated carbocycles. The van der Waals surface area contributed by atoms with Crippen molar-refractivity contribution < 1.29 is 32.2 Å². The van der Waals surface area contributed by atoms with E-state index >= 15 is 0 Å². The Kier molecular flexibility index (Phi) is 6.81. The molecule has 13 heteroatoms. The van der Waals surface area contributed by atoms with Crippen LogP contribution >= 0.6 is 11.3 Å². The second-order valence-electron chi connectivity index (χ2n) is 7.92. The second kappa shape index (κ2) is 9.63. The quantitative estimate of drug-likeness (QED) is 0.695. The van der Waals surface area contributed by atoms with Crippen LogP contribution in [0, 0.1) is 11.3 Å². The van der Waals surface area contributed by atoms with Crippen LogP contribution in [-0.2, 0) is 15.7 Å². The van der Waals surface area contributed by atoms with Gasteiger partial charge >= 0.3 is 12.3 Å². The number of alkyl halides is 3. The van der Waals surface area contributed by atoms with E-state index in [0.29, 0.717) is 32.5 Å². The number of pyridine rings is 1. The van der Waals surface area contributed by atoms with Crippen molar-refractivity contribution in [1.29, 1.82) is 5.26 Å². The summed E-state index contributed by atoms with van der Waals surface area (Å²) >= 11 is 0.833. The Labute approximate surface area is 197 Å². The summed E-state index contributed by atoms with van der Waals surface area (Å²) in [5, 5.41) is 13.0. The van der Waals surface area contributed by atoms with E-state index in [1.165, 1.54) is 17.3 Å². The van der Waals surface area contributed by atoms with Crippen LogP contribution in [0.25, 0.3) is 10.2 Å². The number of piperidine rings is 1. The van der Waals surface area contributed by atoms with Gasteiger partial charge in [0.25, 0.3) is 5.91 Å². The van der Waals surface area contributed by atoms with E-state index in [0.717, 1.165) is 17.4 Å². The topological polar surface area (TPSA) is 108 Å². The predicted molar refractivity (Wildman–Crippen MR) is 117 cm³/mol. The number of ether oxygens (including phenoxy) is 2. The molecule has 1 N–H and O–H groups in total. The maximum Gasteiger partial charge on any atom is 0.417 e. The molecule has 2 aromatic rings. The molecule has 0 bridgehead atoms. The molecule has 2 aliphatic rings. The molecule has 0 aliphatic carbocycles. The first kappa shape index (κ1) is 24.0. The minimum Gasteiger partial charge on any atom is -0.446 e. The maximum atomic E-state index is 13.8. The number of hydrogen-bond acceptors (Lipinski definition) is 8. The molecular formula is C21H22F3N5O4S. The summed E-state index contributed by atoms with van der Waals surface area (Å²) in [5.41, 5.74) is -0.732. The molecule has 2 fully saturated rings. The Morgan fingerprint density at radius 2 is 2.06 bits per heavy atom. The number of thiophene rings is 1. The number of carbonyl (C=O) groups is 2. The summed E-state index contributed by atoms with van der Waals surface area (Å²) < 4.78 is 52.0. The number of carbonyl (C=O) groups excluding carboxylic acids is 2. The van der Waals surface area contributed by atoms with Crippen LogP contribution in [0.1, 0.15) is 28.8 Å². The molecule has 0 aromatic carbocycles. The van der Waals surface area contributed by atoms with Crippen LogP contribution in [0.5, 0.6) is 0 Å². The zero-order valence-corrected chi connectivity index (χ0v) is 19.0. The minimum atomic E-state index is -4.61. The van der Waals surface area contributed by atoms with Gasteiger partial charge < -0.3 is 19.7 Å². The zero-order chi connectivity index (χ0) is 24.5. The number of nitriles is 1. The summed E-state index contributed by atoms with van der Waals surface area (Å²) in [4.78, 5) is 32.1. The van der Waals surface area contributed by atoms with Crippen LogP contribution in [0.2, 0.25) is 0 Å². The van der Waals surface area contributed by atoms with Gasteiger partial charge in [-0.3, -0.25) is 9.69 Å². The van der Waals surface area contributed by atoms with Crippen molar-refractivity contribution in [3.05, 3.63) is 22.6 Å². The fourth-order valence-corrected chi connectivity index (χ4v) is 5.03. The van der Waals surface area contributed by atoms with Crippen molar-refractivity contribution in [2.75, 3.05) is 44.8 Å². The fourth-order valence-electron chi connectivity index (χ4n) is 4.01. The van der Waals surface area contributed by atoms with Crippen molar-refractivity contribution >= 4 is 39.4 Å². The Morgan fingerprint density at radius 1 is 1.32 bits per heavy atom. The van der Waals surface area contributed by atoms with E-state index in [9.17, 15) is 28.0 Å². The number of amides is 2. The highest BCUT2D eigenvalue weighted by atomic mass is 32.1. The van der Waals surface area contributed by atoms with Gasteiger partial charge in [-0.1, -0.05) is 0 Å². The van der Waals surface area contributed by atoms with Gasteiger partial charge in [0.15, 0.2) is 0 Å². The third-order valence-electron chi connectivity index (χ3n) is 5.83. The smallest absolute Gasteiger partial charge is 0.417 e. The van der Waals surface area contributed by atoms with Crippen molar-refractivity contribution in [2.24, 2.45) is 0 Å². The Bertz CT molecular complexity index is 1120. The summed E-state index contributed by atoms with van der Waals surface area (Å²) in [6.07, 6.45) is -4.86. The average molecular weight is 497 g/mol. The monoisotopic (exact) mass is 497 g/mol. The molecule has 2 aliphatic heterocycles. The molecule has 1 unspecified atom stereocenters. The van der Waals surface area contributed by atoms with Crippen LogP contribution in [0.15, 0.2) is 11.4 Å². The van der Waals surface area contributed by atoms with Gasteiger partial charge in [0.05, 0.1) is 40.6 Å². The molecule has 182 valence electrons. The van der Waals surface area contributed by atoms with E-state index in [1.807, 2.05) is 6.07 Å². The van der Waals surface area contributed by atoms with Gasteiger partial charge in [0.1, 0.15) is 18.0 Å². The highest BCUT2D eigenvalue weighted by Gasteiger charge is 2.36. The Hall–Kier alpha value is -3.11. The highest BCUT2D eigenvalue weighted by molar-refractivity contribution is 7.17. The maximum absolute atomic E-state index is 13.8. The first-order valence-electron chi connectivity index (χ1n) is 10.6. The van der Waals surface area contributed by atoms with E-state index in [1.54, 1.807) is 4.90 Å². The lowest BCUT2D eigenvalue weighted by molar-refractivity contribution is -0.136. The van der Waals surface area contributed by atoms with Gasteiger partial charge in [-0.15, -0.1) is 11.3 Å². The molecule has 0 spiro atoms. The SMILES string of the molecule is CNC(=O)c1csc2c(C(F)(F)F)cc(N3CCC(OC(=O)N4CCOCC4C#N)CC3)nc12. The molecule has 2 amide bonds. The summed E-state index contributed by atoms with van der Waals surface area (Å²) in [7, 11) is 1.40. The van der Waals surface area contributed by atoms with Crippen LogP contribution in [0.4, 0.5) is 23.8 Å². The lowest BCUT2D eigenvalue weighted by Gasteiger charge is -2.35. The standard InChI is InChI=1S/C21H22F3N5O4S/c1-26-19(30)14-11-34-18-15(21(22,23)24)8-16(27-17(14)18)28-4-2-13(3-5-28)33-20(31)29-6-7-32-10-12(29)9-25/h8,11-13H,2-7,10H2,1H3,(H,26,30). The minimum absolute atomic E-state index is 0.0117. The molecule has 34 heavy (non-hydrogen) atoms. The van der Waals surface area contributed by atoms with Crippen molar-refractivity contribution in [3.8, 4) is 6.07 Å². The number of morpholine rings is 1. The number of nitrogens with one attached hydrogen (secondary N) is 1. The lowest BCUT2D eigenvalue weighted by atomic mass is 10.1. The van der Waals surface area contributed by atoms with Gasteiger partial charge in [0.2, 0.25) is 0 Å². The van der Waals surface area contributed by atoms with Gasteiger partial charge in [-0.2, -0.15) is 18.4 Å². The number of anilines is 1. The third kappa shape index (κ3) is 4.74. The lowest BCUT2D eigenvalue weighted by Crippen LogP contribution is -2.49. The molecule has 0 radical (unpaired) electrons. The first-order valence-corrected chi connectivity index (χ1v) is 11.5. The Balaban J connectivity index is 1.50. The van der Waals surface area contributed by atoms with E-state index in [-0.39, 0.29) is 34.7 Å². The largest absolute Gasteiger partial charge is 0.446 e. The summed E-state index contributed by atoms with van der Waals surface area (Å²) in [6.45, 7) is 1.34. The van der Waals surface area contributed by atoms with Crippen LogP contribution in [0.3, 0.4) is 0 Å². The van der Waals surface area contributed by atoms with Gasteiger partial charge in [-0.05, 0) is 6.07 Å². The summed E-state index contributed by atoms with van der Waals surface area (Å²) in [5.74, 6) is -0.390. The predicted octanol–water partition coefficient (Wildman–Crippen LogP) is 3.00. The summed E-state index contributed by atoms with van der Waals surface area (Å²) in [6, 6.07) is 2.31. The fraction of sp³-hybridized carbons (Fsp3) is 0.524. The van der Waals surface area contributed by atoms with Crippen LogP contribution in [-0.4, -0.2) is 73.9 Å². The number of aromatic nitrogens is 1. The third-order valence-corrected chi connectivity index (χ3v) is 6.83. The number of fused-ring (bicyclic) bond motifs is 1. The normalized spacial score (nSPS) is 19.7. The average Bonchev–Trinajstić information content (AvgIpc) is 3.26. The van der Waals surface area contributed by atoms with E-state index in [4.69, 9.17) is 9.47 Å². The number of rotatable bonds is 3. The zero-order valence-electron chi connectivity index (χ0n) is 18.2. The van der Waals surface area contributed by atoms with E-state index in [2.05, 4.69) is 10.3 Å². The number of halogens is 3. The van der Waals surface area contributed by atoms with Crippen molar-refractivity contribution in [2.45, 2.75) is 31.2 Å². The van der Waals surface area contributed by atoms with Gasteiger partial charge in [-0.25, -0.2) is 9.78 Å². The van der Waals surface area contributed by atoms with E-state index < -0.39 is 35.9 Å². The molecule has 2 saturated heterocycles. The van der Waals surface area contributed by atoms with Gasteiger partial charge in [0, 0.05) is 44.9 Å². The Morgan fingerprint density at radius 3 is 2.71 bits per heavy atom. The molecule has 9 nitrogen and oxygen atoms in total. The number of hydrogen-bond donors (Lipinski definition) is 1.